The zero-order valence-electron chi connectivity index (χ0n) is 29.6. The quantitative estimate of drug-likeness (QED) is 0.174. The zero-order valence-corrected chi connectivity index (χ0v) is 29.6. The third-order valence-electron chi connectivity index (χ3n) is 11.4. The van der Waals surface area contributed by atoms with E-state index in [1.54, 1.807) is 0 Å². The Labute approximate surface area is 306 Å². The minimum absolute atomic E-state index is 0.104. The molecule has 0 amide bonds. The van der Waals surface area contributed by atoms with E-state index in [0.717, 1.165) is 12.1 Å². The Hall–Kier alpha value is -6.12. The van der Waals surface area contributed by atoms with Crippen molar-refractivity contribution in [3.05, 3.63) is 192 Å². The van der Waals surface area contributed by atoms with Gasteiger partial charge >= 0.3 is 0 Å². The molecule has 7 aromatic carbocycles. The van der Waals surface area contributed by atoms with Crippen LogP contribution < -0.4 is 9.80 Å². The van der Waals surface area contributed by atoms with Crippen molar-refractivity contribution in [2.75, 3.05) is 9.80 Å². The zero-order chi connectivity index (χ0) is 34.8. The van der Waals surface area contributed by atoms with E-state index in [0.29, 0.717) is 5.92 Å². The largest absolute Gasteiger partial charge is 0.333 e. The van der Waals surface area contributed by atoms with E-state index >= 15 is 0 Å². The Bertz CT molecular complexity index is 2640. The van der Waals surface area contributed by atoms with Gasteiger partial charge in [-0.3, -0.25) is 0 Å². The Morgan fingerprint density at radius 1 is 0.538 bits per heavy atom. The molecule has 0 fully saturated rings. The van der Waals surface area contributed by atoms with Gasteiger partial charge in [0.2, 0.25) is 0 Å². The lowest BCUT2D eigenvalue weighted by atomic mass is 9.75. The highest BCUT2D eigenvalue weighted by atomic mass is 15.2. The van der Waals surface area contributed by atoms with Crippen molar-refractivity contribution < 1.29 is 0 Å². The summed E-state index contributed by atoms with van der Waals surface area (Å²) in [5.41, 5.74) is 11.3. The normalized spacial score (nSPS) is 18.6. The van der Waals surface area contributed by atoms with Crippen LogP contribution in [0.1, 0.15) is 41.5 Å². The highest BCUT2D eigenvalue weighted by Gasteiger charge is 2.35. The summed E-state index contributed by atoms with van der Waals surface area (Å²) in [6.45, 7) is 4.46. The molecule has 0 saturated heterocycles. The number of benzene rings is 7. The Morgan fingerprint density at radius 2 is 1.19 bits per heavy atom. The van der Waals surface area contributed by atoms with Crippen LogP contribution in [0, 0.1) is 12.8 Å². The molecule has 0 aliphatic heterocycles. The minimum atomic E-state index is 0.104. The van der Waals surface area contributed by atoms with E-state index in [1.807, 2.05) is 0 Å². The maximum atomic E-state index is 2.61. The molecule has 250 valence electrons. The minimum Gasteiger partial charge on any atom is -0.333 e. The van der Waals surface area contributed by atoms with E-state index in [-0.39, 0.29) is 12.0 Å². The summed E-state index contributed by atoms with van der Waals surface area (Å²) in [6.07, 6.45) is 17.9. The van der Waals surface area contributed by atoms with E-state index in [4.69, 9.17) is 0 Å². The van der Waals surface area contributed by atoms with Crippen molar-refractivity contribution in [1.29, 1.82) is 0 Å². The standard InChI is InChI=1S/C50H40N2/c1-33-17-25-39(26-18-33)51(45-15-7-11-35-9-3-5-13-41(35)45)47-31-23-37-22-30-44-48(32-24-38-21-29-43(47)49(37)50(38)44)52(40-27-19-34(2)20-28-40)46-16-8-12-36-10-4-6-14-42(36)46/h3-19,21-32,34,44,48H,20H2,1-2H3. The number of aryl methyl sites for hydroxylation is 1. The number of rotatable bonds is 6. The lowest BCUT2D eigenvalue weighted by Crippen LogP contribution is -2.39. The van der Waals surface area contributed by atoms with Gasteiger partial charge in [0, 0.05) is 39.1 Å². The molecule has 0 saturated carbocycles. The first kappa shape index (κ1) is 30.7. The van der Waals surface area contributed by atoms with Crippen molar-refractivity contribution in [3.8, 4) is 0 Å². The third-order valence-corrected chi connectivity index (χ3v) is 11.4. The van der Waals surface area contributed by atoms with Gasteiger partial charge in [-0.15, -0.1) is 0 Å². The molecule has 0 radical (unpaired) electrons. The van der Waals surface area contributed by atoms with Crippen LogP contribution in [-0.2, 0) is 0 Å². The second kappa shape index (κ2) is 12.3. The predicted octanol–water partition coefficient (Wildman–Crippen LogP) is 13.4. The van der Waals surface area contributed by atoms with Gasteiger partial charge in [-0.05, 0) is 88.5 Å². The van der Waals surface area contributed by atoms with Crippen LogP contribution in [0.25, 0.3) is 44.5 Å². The molecule has 3 unspecified atom stereocenters. The predicted molar refractivity (Wildman–Crippen MR) is 223 cm³/mol. The van der Waals surface area contributed by atoms with Gasteiger partial charge in [-0.1, -0.05) is 152 Å². The molecule has 0 N–H and O–H groups in total. The van der Waals surface area contributed by atoms with Crippen molar-refractivity contribution in [2.45, 2.75) is 32.2 Å². The van der Waals surface area contributed by atoms with Crippen LogP contribution in [-0.4, -0.2) is 6.04 Å². The van der Waals surface area contributed by atoms with Crippen LogP contribution in [0.3, 0.4) is 0 Å². The maximum absolute atomic E-state index is 2.61. The molecular weight excluding hydrogens is 629 g/mol. The number of nitrogens with zero attached hydrogens (tertiary/aromatic N) is 2. The van der Waals surface area contributed by atoms with Gasteiger partial charge in [-0.2, -0.15) is 0 Å². The monoisotopic (exact) mass is 668 g/mol. The average molecular weight is 669 g/mol. The van der Waals surface area contributed by atoms with Gasteiger partial charge in [-0.25, -0.2) is 0 Å². The summed E-state index contributed by atoms with van der Waals surface area (Å²) in [7, 11) is 0. The van der Waals surface area contributed by atoms with Crippen molar-refractivity contribution in [1.82, 2.24) is 0 Å². The SMILES string of the molecule is Cc1ccc(N(c2cccc3ccccc23)c2ccc3c4c5c(ccc24)C=CC(N(C2=CCC(C)C=C2)c2cccc4ccccc24)C5C=C3)cc1. The Kier molecular flexibility index (Phi) is 7.25. The molecule has 0 aromatic heterocycles. The fraction of sp³-hybridized carbons (Fsp3) is 0.120. The van der Waals surface area contributed by atoms with E-state index < -0.39 is 0 Å². The second-order valence-corrected chi connectivity index (χ2v) is 14.6. The molecule has 0 bridgehead atoms. The summed E-state index contributed by atoms with van der Waals surface area (Å²) < 4.78 is 0. The Balaban J connectivity index is 1.18. The fourth-order valence-electron chi connectivity index (χ4n) is 8.79. The fourth-order valence-corrected chi connectivity index (χ4v) is 8.79. The van der Waals surface area contributed by atoms with E-state index in [2.05, 4.69) is 200 Å². The van der Waals surface area contributed by atoms with Crippen LogP contribution in [0.15, 0.2) is 170 Å². The molecule has 2 heteroatoms. The van der Waals surface area contributed by atoms with Crippen LogP contribution in [0.2, 0.25) is 0 Å². The summed E-state index contributed by atoms with van der Waals surface area (Å²) in [5.74, 6) is 0.711. The molecule has 52 heavy (non-hydrogen) atoms. The molecule has 0 heterocycles. The van der Waals surface area contributed by atoms with Crippen LogP contribution in [0.4, 0.5) is 22.7 Å². The molecule has 3 atom stereocenters. The van der Waals surface area contributed by atoms with Gasteiger partial charge < -0.3 is 9.80 Å². The first-order valence-electron chi connectivity index (χ1n) is 18.6. The lowest BCUT2D eigenvalue weighted by Gasteiger charge is -2.42. The van der Waals surface area contributed by atoms with Crippen molar-refractivity contribution in [3.63, 3.8) is 0 Å². The van der Waals surface area contributed by atoms with Gasteiger partial charge in [0.15, 0.2) is 0 Å². The van der Waals surface area contributed by atoms with Crippen LogP contribution in [0.5, 0.6) is 0 Å². The second-order valence-electron chi connectivity index (χ2n) is 14.6. The highest BCUT2D eigenvalue weighted by Crippen LogP contribution is 2.50. The molecule has 3 aliphatic carbocycles. The topological polar surface area (TPSA) is 6.48 Å². The molecule has 7 aromatic rings. The van der Waals surface area contributed by atoms with E-state index in [1.165, 1.54) is 77.3 Å². The number of anilines is 4. The number of allylic oxidation sites excluding steroid dienone is 3. The number of hydrogen-bond acceptors (Lipinski definition) is 2. The third kappa shape index (κ3) is 4.93. The summed E-state index contributed by atoms with van der Waals surface area (Å²) in [5, 5.41) is 7.65. The first-order chi connectivity index (χ1) is 25.6. The maximum Gasteiger partial charge on any atom is 0.0629 e. The summed E-state index contributed by atoms with van der Waals surface area (Å²) in [6, 6.07) is 49.4. The molecule has 3 aliphatic rings. The lowest BCUT2D eigenvalue weighted by molar-refractivity contribution is 0.664. The highest BCUT2D eigenvalue weighted by molar-refractivity contribution is 6.09. The molecular formula is C50H40N2. The number of hydrogen-bond donors (Lipinski definition) is 0. The van der Waals surface area contributed by atoms with Gasteiger partial charge in [0.25, 0.3) is 0 Å². The van der Waals surface area contributed by atoms with Crippen molar-refractivity contribution in [2.24, 2.45) is 5.92 Å². The first-order valence-corrected chi connectivity index (χ1v) is 18.6. The summed E-state index contributed by atoms with van der Waals surface area (Å²) >= 11 is 0. The average Bonchev–Trinajstić information content (AvgIpc) is 3.19. The summed E-state index contributed by atoms with van der Waals surface area (Å²) in [4.78, 5) is 5.08. The number of fused-ring (bicyclic) bond motifs is 2. The molecule has 2 nitrogen and oxygen atoms in total. The van der Waals surface area contributed by atoms with E-state index in [9.17, 15) is 0 Å². The van der Waals surface area contributed by atoms with Crippen molar-refractivity contribution >= 4 is 67.2 Å². The van der Waals surface area contributed by atoms with Crippen LogP contribution >= 0.6 is 0 Å². The van der Waals surface area contributed by atoms with Gasteiger partial charge in [0.05, 0.1) is 17.4 Å². The van der Waals surface area contributed by atoms with Gasteiger partial charge in [0.1, 0.15) is 0 Å². The Morgan fingerprint density at radius 3 is 1.94 bits per heavy atom. The molecule has 0 spiro atoms. The molecule has 10 rings (SSSR count). The smallest absolute Gasteiger partial charge is 0.0629 e.